The third kappa shape index (κ3) is 3.42. The number of nitrogens with zero attached hydrogens (tertiary/aromatic N) is 1. The number of carbonyl (C=O) groups excluding carboxylic acids is 1. The van der Waals surface area contributed by atoms with Gasteiger partial charge >= 0.3 is 12.0 Å². The summed E-state index contributed by atoms with van der Waals surface area (Å²) in [5.74, 6) is -0.296. The van der Waals surface area contributed by atoms with Crippen LogP contribution in [0.25, 0.3) is 0 Å². The Balaban J connectivity index is 1.87. The molecule has 1 saturated carbocycles. The van der Waals surface area contributed by atoms with Crippen molar-refractivity contribution in [3.8, 4) is 0 Å². The molecule has 0 aromatic heterocycles. The molecule has 2 aliphatic rings. The first kappa shape index (κ1) is 15.1. The molecule has 20 heavy (non-hydrogen) atoms. The van der Waals surface area contributed by atoms with Gasteiger partial charge in [0.1, 0.15) is 6.04 Å². The zero-order valence-corrected chi connectivity index (χ0v) is 11.9. The minimum atomic E-state index is -1.05. The van der Waals surface area contributed by atoms with Crippen molar-refractivity contribution in [3.05, 3.63) is 0 Å². The topological polar surface area (TPSA) is 89.9 Å². The van der Waals surface area contributed by atoms with E-state index in [2.05, 4.69) is 12.2 Å². The second-order valence-electron chi connectivity index (χ2n) is 5.97. The lowest BCUT2D eigenvalue weighted by Crippen LogP contribution is -2.49. The van der Waals surface area contributed by atoms with E-state index in [1.165, 1.54) is 11.3 Å². The smallest absolute Gasteiger partial charge is 0.326 e. The number of urea groups is 1. The summed E-state index contributed by atoms with van der Waals surface area (Å²) in [5, 5.41) is 21.6. The first-order valence-corrected chi connectivity index (χ1v) is 7.49. The fourth-order valence-electron chi connectivity index (χ4n) is 3.24. The van der Waals surface area contributed by atoms with Gasteiger partial charge in [-0.1, -0.05) is 13.3 Å². The molecule has 2 fully saturated rings. The van der Waals surface area contributed by atoms with Crippen LogP contribution in [0.15, 0.2) is 0 Å². The Morgan fingerprint density at radius 3 is 2.45 bits per heavy atom. The number of hydrogen-bond donors (Lipinski definition) is 3. The van der Waals surface area contributed by atoms with E-state index in [0.29, 0.717) is 0 Å². The molecule has 1 aliphatic heterocycles. The molecule has 0 aromatic carbocycles. The highest BCUT2D eigenvalue weighted by molar-refractivity contribution is 5.83. The number of aliphatic hydroxyl groups is 1. The molecule has 0 radical (unpaired) electrons. The Hall–Kier alpha value is -1.30. The zero-order valence-electron chi connectivity index (χ0n) is 11.9. The molecule has 1 aliphatic carbocycles. The van der Waals surface area contributed by atoms with Crippen molar-refractivity contribution in [2.45, 2.75) is 63.6 Å². The number of rotatable bonds is 3. The third-order valence-corrected chi connectivity index (χ3v) is 4.58. The fraction of sp³-hybridized carbons (Fsp3) is 0.857. The second kappa shape index (κ2) is 6.43. The zero-order chi connectivity index (χ0) is 14.7. The summed E-state index contributed by atoms with van der Waals surface area (Å²) in [6, 6.07) is -1.12. The number of nitrogens with one attached hydrogen (secondary N) is 1. The number of likely N-dealkylation sites (tertiary alicyclic amines) is 1. The van der Waals surface area contributed by atoms with Crippen LogP contribution < -0.4 is 5.32 Å². The lowest BCUT2D eigenvalue weighted by Gasteiger charge is -2.31. The van der Waals surface area contributed by atoms with Gasteiger partial charge in [-0.15, -0.1) is 0 Å². The molecule has 6 nitrogen and oxygen atoms in total. The molecular formula is C14H24N2O4. The number of carboxylic acid groups (broad SMARTS) is 1. The highest BCUT2D eigenvalue weighted by Crippen LogP contribution is 2.27. The van der Waals surface area contributed by atoms with Gasteiger partial charge in [-0.3, -0.25) is 0 Å². The molecule has 1 heterocycles. The Morgan fingerprint density at radius 2 is 1.90 bits per heavy atom. The fourth-order valence-corrected chi connectivity index (χ4v) is 3.24. The summed E-state index contributed by atoms with van der Waals surface area (Å²) in [6.07, 6.45) is 4.71. The highest BCUT2D eigenvalue weighted by atomic mass is 16.4. The van der Waals surface area contributed by atoms with Gasteiger partial charge in [-0.05, 0) is 31.6 Å². The van der Waals surface area contributed by atoms with Gasteiger partial charge in [0.2, 0.25) is 0 Å². The number of carboxylic acids is 1. The number of aliphatic hydroxyl groups excluding tert-OH is 1. The average Bonchev–Trinajstić information content (AvgIpc) is 2.82. The average molecular weight is 284 g/mol. The summed E-state index contributed by atoms with van der Waals surface area (Å²) >= 11 is 0. The summed E-state index contributed by atoms with van der Waals surface area (Å²) in [5.41, 5.74) is 0. The van der Waals surface area contributed by atoms with Crippen LogP contribution in [0.3, 0.4) is 0 Å². The van der Waals surface area contributed by atoms with Crippen molar-refractivity contribution in [3.63, 3.8) is 0 Å². The predicted octanol–water partition coefficient (Wildman–Crippen LogP) is 1.18. The van der Waals surface area contributed by atoms with Gasteiger partial charge in [0, 0.05) is 19.0 Å². The maximum Gasteiger partial charge on any atom is 0.326 e. The molecule has 2 unspecified atom stereocenters. The van der Waals surface area contributed by atoms with E-state index >= 15 is 0 Å². The van der Waals surface area contributed by atoms with E-state index in [9.17, 15) is 14.7 Å². The predicted molar refractivity (Wildman–Crippen MR) is 73.3 cm³/mol. The molecule has 6 heteroatoms. The minimum Gasteiger partial charge on any atom is -0.480 e. The summed E-state index contributed by atoms with van der Waals surface area (Å²) in [7, 11) is 0. The van der Waals surface area contributed by atoms with E-state index in [1.807, 2.05) is 0 Å². The van der Waals surface area contributed by atoms with Crippen molar-refractivity contribution >= 4 is 12.0 Å². The van der Waals surface area contributed by atoms with Crippen molar-refractivity contribution in [2.75, 3.05) is 6.54 Å². The van der Waals surface area contributed by atoms with Crippen molar-refractivity contribution in [1.82, 2.24) is 10.2 Å². The standard InChI is InChI=1S/C14H24N2O4/c1-2-9-3-5-10(6-4-9)15-14(20)16-8-11(17)7-12(16)13(18)19/h9-12,17H,2-8H2,1H3,(H,15,20)(H,18,19). The van der Waals surface area contributed by atoms with Crippen LogP contribution in [-0.4, -0.2) is 51.8 Å². The van der Waals surface area contributed by atoms with Gasteiger partial charge in [-0.2, -0.15) is 0 Å². The molecule has 3 N–H and O–H groups in total. The van der Waals surface area contributed by atoms with Crippen LogP contribution in [0.1, 0.15) is 45.4 Å². The number of β-amino-alcohol motifs (C(OH)–C–C–N with tert-alkyl or cyclic N) is 1. The van der Waals surface area contributed by atoms with E-state index in [1.54, 1.807) is 0 Å². The SMILES string of the molecule is CCC1CCC(NC(=O)N2CC(O)CC2C(=O)O)CC1. The molecule has 0 aromatic rings. The molecule has 2 amide bonds. The normalized spacial score (nSPS) is 34.0. The largest absolute Gasteiger partial charge is 0.480 e. The van der Waals surface area contributed by atoms with Gasteiger partial charge in [0.05, 0.1) is 6.10 Å². The van der Waals surface area contributed by atoms with E-state index in [-0.39, 0.29) is 25.0 Å². The maximum atomic E-state index is 12.2. The van der Waals surface area contributed by atoms with E-state index in [0.717, 1.165) is 31.6 Å². The lowest BCUT2D eigenvalue weighted by atomic mass is 9.84. The van der Waals surface area contributed by atoms with E-state index < -0.39 is 18.1 Å². The summed E-state index contributed by atoms with van der Waals surface area (Å²) in [6.45, 7) is 2.29. The molecule has 2 atom stereocenters. The lowest BCUT2D eigenvalue weighted by molar-refractivity contribution is -0.141. The van der Waals surface area contributed by atoms with Crippen LogP contribution in [-0.2, 0) is 4.79 Å². The molecule has 1 saturated heterocycles. The minimum absolute atomic E-state index is 0.104. The van der Waals surface area contributed by atoms with Crippen molar-refractivity contribution in [2.24, 2.45) is 5.92 Å². The molecular weight excluding hydrogens is 260 g/mol. The van der Waals surface area contributed by atoms with Crippen molar-refractivity contribution in [1.29, 1.82) is 0 Å². The highest BCUT2D eigenvalue weighted by Gasteiger charge is 2.39. The van der Waals surface area contributed by atoms with Gasteiger partial charge in [0.25, 0.3) is 0 Å². The Morgan fingerprint density at radius 1 is 1.25 bits per heavy atom. The quantitative estimate of drug-likeness (QED) is 0.726. The molecule has 114 valence electrons. The second-order valence-corrected chi connectivity index (χ2v) is 5.97. The van der Waals surface area contributed by atoms with Gasteiger partial charge in [-0.25, -0.2) is 9.59 Å². The number of hydrogen-bond acceptors (Lipinski definition) is 3. The Kier molecular flexibility index (Phi) is 4.86. The van der Waals surface area contributed by atoms with Gasteiger partial charge in [0.15, 0.2) is 0 Å². The van der Waals surface area contributed by atoms with E-state index in [4.69, 9.17) is 5.11 Å². The van der Waals surface area contributed by atoms with Crippen LogP contribution in [0.5, 0.6) is 0 Å². The van der Waals surface area contributed by atoms with Crippen LogP contribution in [0.2, 0.25) is 0 Å². The number of amides is 2. The van der Waals surface area contributed by atoms with Crippen molar-refractivity contribution < 1.29 is 19.8 Å². The first-order chi connectivity index (χ1) is 9.51. The summed E-state index contributed by atoms with van der Waals surface area (Å²) < 4.78 is 0. The summed E-state index contributed by atoms with van der Waals surface area (Å²) in [4.78, 5) is 24.5. The van der Waals surface area contributed by atoms with Crippen LogP contribution in [0, 0.1) is 5.92 Å². The first-order valence-electron chi connectivity index (χ1n) is 7.49. The Bertz CT molecular complexity index is 366. The monoisotopic (exact) mass is 284 g/mol. The third-order valence-electron chi connectivity index (χ3n) is 4.58. The maximum absolute atomic E-state index is 12.2. The molecule has 0 bridgehead atoms. The molecule has 2 rings (SSSR count). The van der Waals surface area contributed by atoms with Crippen LogP contribution in [0.4, 0.5) is 4.79 Å². The van der Waals surface area contributed by atoms with Gasteiger partial charge < -0.3 is 20.4 Å². The van der Waals surface area contributed by atoms with Crippen LogP contribution >= 0.6 is 0 Å². The Labute approximate surface area is 119 Å². The number of carbonyl (C=O) groups is 2. The number of aliphatic carboxylic acids is 1. The molecule has 0 spiro atoms.